The van der Waals surface area contributed by atoms with Gasteiger partial charge in [-0.05, 0) is 44.4 Å². The molecule has 2 heterocycles. The van der Waals surface area contributed by atoms with Gasteiger partial charge in [-0.2, -0.15) is 0 Å². The largest absolute Gasteiger partial charge is 0.383 e. The lowest BCUT2D eigenvalue weighted by molar-refractivity contribution is -0.147. The number of carbonyl (C=O) groups is 1. The Morgan fingerprint density at radius 1 is 1.08 bits per heavy atom. The molecule has 2 aliphatic heterocycles. The molecule has 0 bridgehead atoms. The molecule has 1 spiro atoms. The van der Waals surface area contributed by atoms with Crippen LogP contribution in [0.1, 0.15) is 25.7 Å². The Labute approximate surface area is 156 Å². The molecule has 3 rings (SSSR count). The summed E-state index contributed by atoms with van der Waals surface area (Å²) in [7, 11) is -1.70. The van der Waals surface area contributed by atoms with Gasteiger partial charge in [0, 0.05) is 26.7 Å². The molecule has 26 heavy (non-hydrogen) atoms. The van der Waals surface area contributed by atoms with Crippen molar-refractivity contribution in [1.29, 1.82) is 0 Å². The van der Waals surface area contributed by atoms with Crippen LogP contribution in [-0.4, -0.2) is 75.3 Å². The molecule has 1 unspecified atom stereocenters. The van der Waals surface area contributed by atoms with Crippen LogP contribution in [0.25, 0.3) is 0 Å². The van der Waals surface area contributed by atoms with Gasteiger partial charge in [0.05, 0.1) is 17.3 Å². The second-order valence-electron chi connectivity index (χ2n) is 7.14. The van der Waals surface area contributed by atoms with Gasteiger partial charge in [0.1, 0.15) is 5.54 Å². The fraction of sp³-hybridized carbons (Fsp3) is 0.632. The van der Waals surface area contributed by atoms with E-state index in [2.05, 4.69) is 4.90 Å². The van der Waals surface area contributed by atoms with Crippen LogP contribution >= 0.6 is 0 Å². The Morgan fingerprint density at radius 3 is 2.46 bits per heavy atom. The highest BCUT2D eigenvalue weighted by atomic mass is 32.2. The first-order chi connectivity index (χ1) is 12.5. The minimum absolute atomic E-state index is 0.0457. The van der Waals surface area contributed by atoms with Crippen LogP contribution in [0.4, 0.5) is 0 Å². The molecule has 1 atom stereocenters. The molecule has 1 aromatic rings. The Kier molecular flexibility index (Phi) is 5.99. The topological polar surface area (TPSA) is 66.9 Å². The van der Waals surface area contributed by atoms with Crippen molar-refractivity contribution in [2.45, 2.75) is 36.1 Å². The molecule has 1 aromatic carbocycles. The maximum absolute atomic E-state index is 13.1. The molecule has 6 nitrogen and oxygen atoms in total. The zero-order valence-corrected chi connectivity index (χ0v) is 16.2. The maximum Gasteiger partial charge on any atom is 0.243 e. The van der Waals surface area contributed by atoms with Gasteiger partial charge in [0.25, 0.3) is 0 Å². The predicted octanol–water partition coefficient (Wildman–Crippen LogP) is 1.56. The molecular formula is C19H28N2O4S. The van der Waals surface area contributed by atoms with Crippen molar-refractivity contribution in [3.63, 3.8) is 0 Å². The number of amides is 1. The molecule has 0 N–H and O–H groups in total. The van der Waals surface area contributed by atoms with Crippen LogP contribution in [0.2, 0.25) is 0 Å². The third-order valence-electron chi connectivity index (χ3n) is 5.62. The number of likely N-dealkylation sites (tertiary alicyclic amines) is 2. The third kappa shape index (κ3) is 3.80. The smallest absolute Gasteiger partial charge is 0.243 e. The first-order valence-electron chi connectivity index (χ1n) is 9.31. The van der Waals surface area contributed by atoms with Gasteiger partial charge in [-0.15, -0.1) is 0 Å². The molecule has 7 heteroatoms. The van der Waals surface area contributed by atoms with E-state index >= 15 is 0 Å². The molecule has 1 amide bonds. The summed E-state index contributed by atoms with van der Waals surface area (Å²) >= 11 is 0. The lowest BCUT2D eigenvalue weighted by atomic mass is 9.85. The van der Waals surface area contributed by atoms with Crippen molar-refractivity contribution in [2.75, 3.05) is 45.6 Å². The van der Waals surface area contributed by atoms with Crippen molar-refractivity contribution >= 4 is 15.7 Å². The van der Waals surface area contributed by atoms with Gasteiger partial charge in [-0.25, -0.2) is 8.42 Å². The normalized spacial score (nSPS) is 24.5. The van der Waals surface area contributed by atoms with E-state index in [4.69, 9.17) is 4.74 Å². The average molecular weight is 381 g/mol. The maximum atomic E-state index is 13.1. The van der Waals surface area contributed by atoms with Crippen molar-refractivity contribution in [3.8, 4) is 0 Å². The molecule has 0 radical (unpaired) electrons. The summed E-state index contributed by atoms with van der Waals surface area (Å²) < 4.78 is 30.3. The van der Waals surface area contributed by atoms with Crippen LogP contribution in [-0.2, 0) is 19.4 Å². The molecule has 0 aliphatic carbocycles. The zero-order valence-electron chi connectivity index (χ0n) is 15.4. The van der Waals surface area contributed by atoms with E-state index < -0.39 is 15.4 Å². The van der Waals surface area contributed by atoms with Gasteiger partial charge in [0.2, 0.25) is 5.91 Å². The summed E-state index contributed by atoms with van der Waals surface area (Å²) in [6.07, 6.45) is 3.54. The number of benzene rings is 1. The van der Waals surface area contributed by atoms with Gasteiger partial charge in [-0.1, -0.05) is 18.2 Å². The number of ether oxygens (including phenoxy) is 1. The first kappa shape index (κ1) is 19.3. The standard InChI is InChI=1S/C19H28N2O4S/c1-25-15-13-20-11-5-9-19(18(20)22)10-6-12-21(19)14-16-26(23,24)17-7-3-2-4-8-17/h2-4,7-8H,5-6,9-16H2,1H3. The van der Waals surface area contributed by atoms with Crippen LogP contribution < -0.4 is 0 Å². The lowest BCUT2D eigenvalue weighted by Gasteiger charge is -2.44. The van der Waals surface area contributed by atoms with E-state index in [9.17, 15) is 13.2 Å². The van der Waals surface area contributed by atoms with Crippen LogP contribution in [0.5, 0.6) is 0 Å². The minimum Gasteiger partial charge on any atom is -0.383 e. The van der Waals surface area contributed by atoms with Crippen molar-refractivity contribution in [3.05, 3.63) is 30.3 Å². The summed E-state index contributed by atoms with van der Waals surface area (Å²) in [6.45, 7) is 3.09. The fourth-order valence-corrected chi connectivity index (χ4v) is 5.51. The molecule has 0 aromatic heterocycles. The average Bonchev–Trinajstić information content (AvgIpc) is 3.05. The second kappa shape index (κ2) is 8.06. The quantitative estimate of drug-likeness (QED) is 0.718. The third-order valence-corrected chi connectivity index (χ3v) is 7.34. The van der Waals surface area contributed by atoms with E-state index in [0.29, 0.717) is 24.6 Å². The molecule has 0 saturated carbocycles. The summed E-state index contributed by atoms with van der Waals surface area (Å²) in [5, 5.41) is 0. The number of rotatable bonds is 7. The Morgan fingerprint density at radius 2 is 1.77 bits per heavy atom. The van der Waals surface area contributed by atoms with Crippen LogP contribution in [0, 0.1) is 0 Å². The molecule has 2 aliphatic rings. The van der Waals surface area contributed by atoms with Crippen LogP contribution in [0.3, 0.4) is 0 Å². The number of carbonyl (C=O) groups excluding carboxylic acids is 1. The zero-order chi connectivity index (χ0) is 18.6. The van der Waals surface area contributed by atoms with Gasteiger partial charge < -0.3 is 9.64 Å². The van der Waals surface area contributed by atoms with Gasteiger partial charge in [0.15, 0.2) is 9.84 Å². The number of methoxy groups -OCH3 is 1. The van der Waals surface area contributed by atoms with Crippen molar-refractivity contribution in [2.24, 2.45) is 0 Å². The van der Waals surface area contributed by atoms with Crippen molar-refractivity contribution in [1.82, 2.24) is 9.80 Å². The van der Waals surface area contributed by atoms with Crippen LogP contribution in [0.15, 0.2) is 35.2 Å². The predicted molar refractivity (Wildman–Crippen MR) is 99.7 cm³/mol. The first-order valence-corrected chi connectivity index (χ1v) is 11.0. The summed E-state index contributed by atoms with van der Waals surface area (Å²) in [5.74, 6) is 0.194. The number of nitrogens with zero attached hydrogens (tertiary/aromatic N) is 2. The van der Waals surface area contributed by atoms with E-state index in [0.717, 1.165) is 38.8 Å². The van der Waals surface area contributed by atoms with Gasteiger partial charge >= 0.3 is 0 Å². The molecule has 2 saturated heterocycles. The highest BCUT2D eigenvalue weighted by Crippen LogP contribution is 2.38. The second-order valence-corrected chi connectivity index (χ2v) is 9.25. The SMILES string of the molecule is COCCN1CCCC2(CCCN2CCS(=O)(=O)c2ccccc2)C1=O. The number of sulfone groups is 1. The molecular weight excluding hydrogens is 352 g/mol. The van der Waals surface area contributed by atoms with E-state index in [-0.39, 0.29) is 11.7 Å². The lowest BCUT2D eigenvalue weighted by Crippen LogP contribution is -2.60. The highest BCUT2D eigenvalue weighted by Gasteiger charge is 2.50. The number of hydrogen-bond acceptors (Lipinski definition) is 5. The number of piperidine rings is 1. The Balaban J connectivity index is 1.71. The van der Waals surface area contributed by atoms with E-state index in [1.165, 1.54) is 0 Å². The summed E-state index contributed by atoms with van der Waals surface area (Å²) in [4.78, 5) is 17.5. The van der Waals surface area contributed by atoms with Crippen molar-refractivity contribution < 1.29 is 17.9 Å². The Bertz CT molecular complexity index is 722. The van der Waals surface area contributed by atoms with Gasteiger partial charge in [-0.3, -0.25) is 9.69 Å². The monoisotopic (exact) mass is 380 g/mol. The fourth-order valence-electron chi connectivity index (χ4n) is 4.24. The summed E-state index contributed by atoms with van der Waals surface area (Å²) in [5.41, 5.74) is -0.516. The van der Waals surface area contributed by atoms with E-state index in [1.54, 1.807) is 31.4 Å². The minimum atomic E-state index is -3.33. The summed E-state index contributed by atoms with van der Waals surface area (Å²) in [6, 6.07) is 8.55. The molecule has 2 fully saturated rings. The Hall–Kier alpha value is -1.44. The molecule has 144 valence electrons. The highest BCUT2D eigenvalue weighted by molar-refractivity contribution is 7.91. The van der Waals surface area contributed by atoms with E-state index in [1.807, 2.05) is 11.0 Å². The number of hydrogen-bond donors (Lipinski definition) is 0.